The fourth-order valence-corrected chi connectivity index (χ4v) is 2.81. The van der Waals surface area contributed by atoms with Gasteiger partial charge in [0.1, 0.15) is 6.54 Å². The fourth-order valence-electron chi connectivity index (χ4n) is 2.81. The highest BCUT2D eigenvalue weighted by molar-refractivity contribution is 5.92. The highest BCUT2D eigenvalue weighted by Crippen LogP contribution is 2.17. The van der Waals surface area contributed by atoms with Gasteiger partial charge in [0.15, 0.2) is 5.43 Å². The summed E-state index contributed by atoms with van der Waals surface area (Å²) in [6.07, 6.45) is 0. The highest BCUT2D eigenvalue weighted by atomic mass is 16.2. The molecule has 0 atom stereocenters. The molecule has 0 bridgehead atoms. The van der Waals surface area contributed by atoms with Crippen LogP contribution in [0.2, 0.25) is 0 Å². The first-order valence-electron chi connectivity index (χ1n) is 7.51. The van der Waals surface area contributed by atoms with Gasteiger partial charge in [-0.25, -0.2) is 0 Å². The van der Waals surface area contributed by atoms with Crippen molar-refractivity contribution in [3.8, 4) is 0 Å². The summed E-state index contributed by atoms with van der Waals surface area (Å²) in [5.74, 6) is -0.118. The molecule has 0 spiro atoms. The van der Waals surface area contributed by atoms with Crippen LogP contribution < -0.4 is 10.7 Å². The lowest BCUT2D eigenvalue weighted by molar-refractivity contribution is -0.116. The average Bonchev–Trinajstić information content (AvgIpc) is 2.52. The van der Waals surface area contributed by atoms with Crippen molar-refractivity contribution in [2.45, 2.75) is 20.4 Å². The lowest BCUT2D eigenvalue weighted by Crippen LogP contribution is -2.22. The zero-order chi connectivity index (χ0) is 16.4. The Balaban J connectivity index is 2.00. The Morgan fingerprint density at radius 3 is 2.52 bits per heavy atom. The third-order valence-corrected chi connectivity index (χ3v) is 3.90. The molecule has 0 unspecified atom stereocenters. The van der Waals surface area contributed by atoms with Gasteiger partial charge in [0.05, 0.1) is 5.52 Å². The van der Waals surface area contributed by atoms with Crippen LogP contribution in [0.15, 0.2) is 59.4 Å². The number of nitrogens with zero attached hydrogens (tertiary/aromatic N) is 1. The van der Waals surface area contributed by atoms with Crippen molar-refractivity contribution in [3.05, 3.63) is 76.1 Å². The van der Waals surface area contributed by atoms with E-state index >= 15 is 0 Å². The van der Waals surface area contributed by atoms with Crippen LogP contribution in [0.25, 0.3) is 10.9 Å². The normalized spacial score (nSPS) is 10.7. The molecule has 116 valence electrons. The molecule has 0 saturated carbocycles. The van der Waals surface area contributed by atoms with Gasteiger partial charge in [-0.15, -0.1) is 0 Å². The molecule has 0 aliphatic rings. The molecule has 2 aromatic carbocycles. The number of aryl methyl sites for hydroxylation is 2. The first kappa shape index (κ1) is 15.0. The summed E-state index contributed by atoms with van der Waals surface area (Å²) >= 11 is 0. The van der Waals surface area contributed by atoms with Crippen molar-refractivity contribution in [1.29, 1.82) is 0 Å². The quantitative estimate of drug-likeness (QED) is 0.807. The Morgan fingerprint density at radius 1 is 1.04 bits per heavy atom. The topological polar surface area (TPSA) is 51.1 Å². The van der Waals surface area contributed by atoms with Gasteiger partial charge in [0.2, 0.25) is 5.91 Å². The summed E-state index contributed by atoms with van der Waals surface area (Å²) < 4.78 is 1.89. The number of rotatable bonds is 3. The molecule has 0 aliphatic heterocycles. The Morgan fingerprint density at radius 2 is 1.78 bits per heavy atom. The van der Waals surface area contributed by atoms with Gasteiger partial charge in [-0.2, -0.15) is 0 Å². The van der Waals surface area contributed by atoms with Gasteiger partial charge in [-0.3, -0.25) is 9.59 Å². The second-order valence-corrected chi connectivity index (χ2v) is 5.62. The van der Waals surface area contributed by atoms with E-state index in [4.69, 9.17) is 0 Å². The molecule has 0 saturated heterocycles. The number of anilines is 1. The number of pyridine rings is 1. The number of benzene rings is 2. The van der Waals surface area contributed by atoms with Crippen LogP contribution in [-0.4, -0.2) is 10.5 Å². The van der Waals surface area contributed by atoms with E-state index in [0.717, 1.165) is 22.5 Å². The predicted molar refractivity (Wildman–Crippen MR) is 92.8 cm³/mol. The van der Waals surface area contributed by atoms with Crippen molar-refractivity contribution in [3.63, 3.8) is 0 Å². The maximum Gasteiger partial charge on any atom is 0.244 e. The van der Waals surface area contributed by atoms with E-state index < -0.39 is 0 Å². The smallest absolute Gasteiger partial charge is 0.244 e. The monoisotopic (exact) mass is 306 g/mol. The van der Waals surface area contributed by atoms with Gasteiger partial charge in [0.25, 0.3) is 0 Å². The SMILES string of the molecule is Cc1cccc2c(=O)cc(C)n(CC(=O)Nc3ccccc3)c12. The Labute approximate surface area is 134 Å². The minimum absolute atomic E-state index is 0.0130. The van der Waals surface area contributed by atoms with Crippen LogP contribution in [0.3, 0.4) is 0 Å². The fraction of sp³-hybridized carbons (Fsp3) is 0.158. The first-order chi connectivity index (χ1) is 11.1. The average molecular weight is 306 g/mol. The molecular formula is C19H18N2O2. The molecular weight excluding hydrogens is 288 g/mol. The zero-order valence-corrected chi connectivity index (χ0v) is 13.2. The lowest BCUT2D eigenvalue weighted by Gasteiger charge is -2.16. The molecule has 4 heteroatoms. The third-order valence-electron chi connectivity index (χ3n) is 3.90. The van der Waals surface area contributed by atoms with Crippen LogP contribution in [-0.2, 0) is 11.3 Å². The summed E-state index contributed by atoms with van der Waals surface area (Å²) in [5, 5.41) is 3.52. The van der Waals surface area contributed by atoms with E-state index in [9.17, 15) is 9.59 Å². The zero-order valence-electron chi connectivity index (χ0n) is 13.2. The third kappa shape index (κ3) is 3.01. The predicted octanol–water partition coefficient (Wildman–Crippen LogP) is 3.26. The van der Waals surface area contributed by atoms with E-state index in [0.29, 0.717) is 5.39 Å². The molecule has 4 nitrogen and oxygen atoms in total. The van der Waals surface area contributed by atoms with Crippen LogP contribution in [0.1, 0.15) is 11.3 Å². The molecule has 0 aliphatic carbocycles. The number of aromatic nitrogens is 1. The maximum atomic E-state index is 12.4. The largest absolute Gasteiger partial charge is 0.335 e. The van der Waals surface area contributed by atoms with Gasteiger partial charge in [0, 0.05) is 22.8 Å². The van der Waals surface area contributed by atoms with Crippen LogP contribution in [0.5, 0.6) is 0 Å². The number of hydrogen-bond donors (Lipinski definition) is 1. The molecule has 3 rings (SSSR count). The van der Waals surface area contributed by atoms with Crippen molar-refractivity contribution in [2.24, 2.45) is 0 Å². The number of hydrogen-bond acceptors (Lipinski definition) is 2. The van der Waals surface area contributed by atoms with E-state index in [1.807, 2.05) is 60.9 Å². The van der Waals surface area contributed by atoms with Gasteiger partial charge in [-0.1, -0.05) is 30.3 Å². The summed E-state index contributed by atoms with van der Waals surface area (Å²) in [4.78, 5) is 24.5. The second kappa shape index (κ2) is 6.08. The molecule has 3 aromatic rings. The summed E-state index contributed by atoms with van der Waals surface area (Å²) in [6, 6.07) is 16.5. The molecule has 1 N–H and O–H groups in total. The Hall–Kier alpha value is -2.88. The number of fused-ring (bicyclic) bond motifs is 1. The molecule has 23 heavy (non-hydrogen) atoms. The van der Waals surface area contributed by atoms with Crippen molar-refractivity contribution in [1.82, 2.24) is 4.57 Å². The van der Waals surface area contributed by atoms with Crippen molar-refractivity contribution < 1.29 is 4.79 Å². The van der Waals surface area contributed by atoms with E-state index in [1.54, 1.807) is 12.1 Å². The summed E-state index contributed by atoms with van der Waals surface area (Å²) in [5.41, 5.74) is 3.33. The summed E-state index contributed by atoms with van der Waals surface area (Å²) in [7, 11) is 0. The maximum absolute atomic E-state index is 12.4. The number of para-hydroxylation sites is 2. The van der Waals surface area contributed by atoms with Crippen LogP contribution >= 0.6 is 0 Å². The standard InChI is InChI=1S/C19H18N2O2/c1-13-7-6-10-16-17(22)11-14(2)21(19(13)16)12-18(23)20-15-8-4-3-5-9-15/h3-11H,12H2,1-2H3,(H,20,23). The number of amides is 1. The second-order valence-electron chi connectivity index (χ2n) is 5.62. The van der Waals surface area contributed by atoms with Gasteiger partial charge >= 0.3 is 0 Å². The number of carbonyl (C=O) groups is 1. The van der Waals surface area contributed by atoms with E-state index in [-0.39, 0.29) is 17.9 Å². The van der Waals surface area contributed by atoms with E-state index in [2.05, 4.69) is 5.32 Å². The van der Waals surface area contributed by atoms with Crippen LogP contribution in [0.4, 0.5) is 5.69 Å². The molecule has 0 fully saturated rings. The highest BCUT2D eigenvalue weighted by Gasteiger charge is 2.12. The van der Waals surface area contributed by atoms with Crippen molar-refractivity contribution in [2.75, 3.05) is 5.32 Å². The molecule has 1 heterocycles. The van der Waals surface area contributed by atoms with Crippen molar-refractivity contribution >= 4 is 22.5 Å². The first-order valence-corrected chi connectivity index (χ1v) is 7.51. The molecule has 1 amide bonds. The number of nitrogens with one attached hydrogen (secondary N) is 1. The van der Waals surface area contributed by atoms with E-state index in [1.165, 1.54) is 0 Å². The molecule has 1 aromatic heterocycles. The van der Waals surface area contributed by atoms with Crippen LogP contribution in [0, 0.1) is 13.8 Å². The molecule has 0 radical (unpaired) electrons. The lowest BCUT2D eigenvalue weighted by atomic mass is 10.1. The minimum Gasteiger partial charge on any atom is -0.335 e. The Kier molecular flexibility index (Phi) is 3.98. The van der Waals surface area contributed by atoms with Gasteiger partial charge < -0.3 is 9.88 Å². The number of carbonyl (C=O) groups excluding carboxylic acids is 1. The Bertz CT molecular complexity index is 927. The van der Waals surface area contributed by atoms with Gasteiger partial charge in [-0.05, 0) is 37.6 Å². The summed E-state index contributed by atoms with van der Waals surface area (Å²) in [6.45, 7) is 3.97. The minimum atomic E-state index is -0.118.